The lowest BCUT2D eigenvalue weighted by atomic mass is 10.1. The number of benzene rings is 1. The van der Waals surface area contributed by atoms with Crippen molar-refractivity contribution in [3.05, 3.63) is 27.7 Å². The highest BCUT2D eigenvalue weighted by atomic mass is 35.5. The minimum absolute atomic E-state index is 0. The lowest BCUT2D eigenvalue weighted by Gasteiger charge is -2.12. The molecule has 0 amide bonds. The summed E-state index contributed by atoms with van der Waals surface area (Å²) in [6.45, 7) is 0.242. The van der Waals surface area contributed by atoms with Crippen molar-refractivity contribution in [3.63, 3.8) is 0 Å². The first-order valence-electron chi connectivity index (χ1n) is 3.70. The number of nitrogens with two attached hydrogens (primary N) is 2. The van der Waals surface area contributed by atoms with E-state index in [1.165, 1.54) is 0 Å². The van der Waals surface area contributed by atoms with Gasteiger partial charge in [-0.1, -0.05) is 29.3 Å². The molecule has 0 unspecified atom stereocenters. The lowest BCUT2D eigenvalue weighted by molar-refractivity contribution is 0.462. The Hall–Kier alpha value is -0.190. The van der Waals surface area contributed by atoms with Crippen LogP contribution in [0.15, 0.2) is 12.1 Å². The van der Waals surface area contributed by atoms with Gasteiger partial charge in [-0.2, -0.15) is 0 Å². The van der Waals surface area contributed by atoms with Crippen LogP contribution in [0.5, 0.6) is 5.75 Å². The first-order chi connectivity index (χ1) is 6.07. The SMILES string of the molecule is Cl.NC[C@H](N)c1ccc(Cl)c(Cl)c1O. The molecule has 5 N–H and O–H groups in total. The van der Waals surface area contributed by atoms with Crippen molar-refractivity contribution in [1.29, 1.82) is 0 Å². The standard InChI is InChI=1S/C8H10Cl2N2O.ClH/c9-5-2-1-4(6(12)3-11)8(13)7(5)10;/h1-2,6,13H,3,11-12H2;1H/t6-;/m0./s1. The van der Waals surface area contributed by atoms with Crippen molar-refractivity contribution < 1.29 is 5.11 Å². The largest absolute Gasteiger partial charge is 0.506 e. The van der Waals surface area contributed by atoms with Crippen LogP contribution in [0.2, 0.25) is 10.0 Å². The van der Waals surface area contributed by atoms with Crippen LogP contribution in [0, 0.1) is 0 Å². The van der Waals surface area contributed by atoms with Gasteiger partial charge in [-0.15, -0.1) is 12.4 Å². The second-order valence-electron chi connectivity index (χ2n) is 2.64. The molecule has 1 aromatic carbocycles. The molecule has 0 aromatic heterocycles. The molecule has 1 atom stereocenters. The van der Waals surface area contributed by atoms with Crippen molar-refractivity contribution in [2.24, 2.45) is 11.5 Å². The molecule has 1 rings (SSSR count). The van der Waals surface area contributed by atoms with Gasteiger partial charge in [-0.3, -0.25) is 0 Å². The average Bonchev–Trinajstić information content (AvgIpc) is 2.13. The van der Waals surface area contributed by atoms with Crippen molar-refractivity contribution in [2.75, 3.05) is 6.54 Å². The highest BCUT2D eigenvalue weighted by Gasteiger charge is 2.13. The van der Waals surface area contributed by atoms with Gasteiger partial charge in [0, 0.05) is 18.2 Å². The molecule has 0 saturated carbocycles. The maximum atomic E-state index is 9.53. The maximum absolute atomic E-state index is 9.53. The molecule has 0 spiro atoms. The maximum Gasteiger partial charge on any atom is 0.140 e. The van der Waals surface area contributed by atoms with Gasteiger partial charge in [0.25, 0.3) is 0 Å². The van der Waals surface area contributed by atoms with Gasteiger partial charge in [-0.25, -0.2) is 0 Å². The predicted molar refractivity (Wildman–Crippen MR) is 61.4 cm³/mol. The van der Waals surface area contributed by atoms with Crippen molar-refractivity contribution >= 4 is 35.6 Å². The molecule has 0 heterocycles. The van der Waals surface area contributed by atoms with E-state index >= 15 is 0 Å². The summed E-state index contributed by atoms with van der Waals surface area (Å²) in [5.74, 6) is -0.0906. The Balaban J connectivity index is 0.00000169. The molecule has 0 saturated heterocycles. The number of hydrogen-bond donors (Lipinski definition) is 3. The normalized spacial score (nSPS) is 12.0. The number of aromatic hydroxyl groups is 1. The fourth-order valence-corrected chi connectivity index (χ4v) is 1.31. The Bertz CT molecular complexity index is 320. The zero-order valence-corrected chi connectivity index (χ0v) is 9.53. The van der Waals surface area contributed by atoms with Gasteiger partial charge in [0.15, 0.2) is 0 Å². The van der Waals surface area contributed by atoms with Gasteiger partial charge < -0.3 is 16.6 Å². The van der Waals surface area contributed by atoms with Crippen LogP contribution in [-0.2, 0) is 0 Å². The fraction of sp³-hybridized carbons (Fsp3) is 0.250. The van der Waals surface area contributed by atoms with E-state index in [2.05, 4.69) is 0 Å². The molecule has 6 heteroatoms. The van der Waals surface area contributed by atoms with Crippen LogP contribution < -0.4 is 11.5 Å². The van der Waals surface area contributed by atoms with Crippen LogP contribution >= 0.6 is 35.6 Å². The molecule has 80 valence electrons. The number of hydrogen-bond acceptors (Lipinski definition) is 3. The Morgan fingerprint density at radius 2 is 1.93 bits per heavy atom. The first-order valence-corrected chi connectivity index (χ1v) is 4.46. The Morgan fingerprint density at radius 1 is 1.36 bits per heavy atom. The minimum atomic E-state index is -0.422. The molecule has 1 aromatic rings. The van der Waals surface area contributed by atoms with E-state index in [9.17, 15) is 5.11 Å². The average molecular weight is 258 g/mol. The third-order valence-electron chi connectivity index (χ3n) is 1.75. The Kier molecular flexibility index (Phi) is 5.56. The first kappa shape index (κ1) is 13.8. The fourth-order valence-electron chi connectivity index (χ4n) is 0.981. The second kappa shape index (κ2) is 5.63. The molecule has 14 heavy (non-hydrogen) atoms. The molecule has 0 bridgehead atoms. The van der Waals surface area contributed by atoms with Gasteiger partial charge in [0.05, 0.1) is 5.02 Å². The van der Waals surface area contributed by atoms with Crippen LogP contribution in [0.3, 0.4) is 0 Å². The predicted octanol–water partition coefficient (Wildman–Crippen LogP) is 2.08. The zero-order valence-electron chi connectivity index (χ0n) is 7.21. The molecule has 3 nitrogen and oxygen atoms in total. The lowest BCUT2D eigenvalue weighted by Crippen LogP contribution is -2.20. The molecule has 0 aliphatic rings. The van der Waals surface area contributed by atoms with Gasteiger partial charge in [-0.05, 0) is 6.07 Å². The molecule has 0 radical (unpaired) electrons. The molecule has 0 aliphatic heterocycles. The van der Waals surface area contributed by atoms with E-state index in [4.69, 9.17) is 34.7 Å². The van der Waals surface area contributed by atoms with Crippen LogP contribution in [0.4, 0.5) is 0 Å². The number of phenols is 1. The van der Waals surface area contributed by atoms with Crippen molar-refractivity contribution in [1.82, 2.24) is 0 Å². The summed E-state index contributed by atoms with van der Waals surface area (Å²) in [7, 11) is 0. The second-order valence-corrected chi connectivity index (χ2v) is 3.43. The molecular formula is C8H11Cl3N2O. The minimum Gasteiger partial charge on any atom is -0.506 e. The monoisotopic (exact) mass is 256 g/mol. The highest BCUT2D eigenvalue weighted by Crippen LogP contribution is 2.35. The summed E-state index contributed by atoms with van der Waals surface area (Å²) in [6, 6.07) is 2.77. The van der Waals surface area contributed by atoms with E-state index in [0.29, 0.717) is 10.6 Å². The van der Waals surface area contributed by atoms with Crippen LogP contribution in [0.25, 0.3) is 0 Å². The summed E-state index contributed by atoms with van der Waals surface area (Å²) in [5.41, 5.74) is 11.5. The summed E-state index contributed by atoms with van der Waals surface area (Å²) in [5, 5.41) is 9.94. The van der Waals surface area contributed by atoms with E-state index in [1.807, 2.05) is 0 Å². The van der Waals surface area contributed by atoms with E-state index in [0.717, 1.165) is 0 Å². The smallest absolute Gasteiger partial charge is 0.140 e. The van der Waals surface area contributed by atoms with Gasteiger partial charge in [0.2, 0.25) is 0 Å². The van der Waals surface area contributed by atoms with Gasteiger partial charge >= 0.3 is 0 Å². The Morgan fingerprint density at radius 3 is 2.43 bits per heavy atom. The number of rotatable bonds is 2. The summed E-state index contributed by atoms with van der Waals surface area (Å²) in [4.78, 5) is 0. The van der Waals surface area contributed by atoms with Crippen molar-refractivity contribution in [2.45, 2.75) is 6.04 Å². The van der Waals surface area contributed by atoms with Crippen molar-refractivity contribution in [3.8, 4) is 5.75 Å². The molecule has 0 fully saturated rings. The topological polar surface area (TPSA) is 72.3 Å². The van der Waals surface area contributed by atoms with Crippen LogP contribution in [0.1, 0.15) is 11.6 Å². The summed E-state index contributed by atoms with van der Waals surface area (Å²) >= 11 is 11.4. The number of halogens is 3. The number of phenolic OH excluding ortho intramolecular Hbond substituents is 1. The third kappa shape index (κ3) is 2.65. The zero-order chi connectivity index (χ0) is 10.0. The highest BCUT2D eigenvalue weighted by molar-refractivity contribution is 6.43. The third-order valence-corrected chi connectivity index (χ3v) is 2.55. The van der Waals surface area contributed by atoms with E-state index < -0.39 is 6.04 Å². The summed E-state index contributed by atoms with van der Waals surface area (Å²) in [6.07, 6.45) is 0. The van der Waals surface area contributed by atoms with Crippen LogP contribution in [-0.4, -0.2) is 11.7 Å². The van der Waals surface area contributed by atoms with E-state index in [1.54, 1.807) is 12.1 Å². The Labute approximate surface area is 98.4 Å². The van der Waals surface area contributed by atoms with E-state index in [-0.39, 0.29) is 29.7 Å². The summed E-state index contributed by atoms with van der Waals surface area (Å²) < 4.78 is 0. The molecule has 0 aliphatic carbocycles. The van der Waals surface area contributed by atoms with Gasteiger partial charge in [0.1, 0.15) is 10.8 Å². The quantitative estimate of drug-likeness (QED) is 0.759. The molecular weight excluding hydrogens is 246 g/mol.